The highest BCUT2D eigenvalue weighted by Gasteiger charge is 2.47. The number of carbonyl (C=O) groups is 3. The van der Waals surface area contributed by atoms with Gasteiger partial charge in [0.2, 0.25) is 5.91 Å². The fourth-order valence-electron chi connectivity index (χ4n) is 5.38. The summed E-state index contributed by atoms with van der Waals surface area (Å²) in [5.41, 5.74) is 4.09. The third kappa shape index (κ3) is 4.90. The van der Waals surface area contributed by atoms with E-state index in [1.54, 1.807) is 0 Å². The summed E-state index contributed by atoms with van der Waals surface area (Å²) in [7, 11) is 0. The van der Waals surface area contributed by atoms with Crippen LogP contribution in [0.1, 0.15) is 57.6 Å². The molecular weight excluding hydrogens is 444 g/mol. The lowest BCUT2D eigenvalue weighted by Gasteiger charge is -2.31. The van der Waals surface area contributed by atoms with Crippen molar-refractivity contribution in [1.82, 2.24) is 10.2 Å². The average molecular weight is 479 g/mol. The largest absolute Gasteiger partial charge is 0.480 e. The van der Waals surface area contributed by atoms with E-state index in [4.69, 9.17) is 4.74 Å². The maximum Gasteiger partial charge on any atom is 0.407 e. The van der Waals surface area contributed by atoms with Crippen LogP contribution in [0, 0.1) is 11.3 Å². The maximum absolute atomic E-state index is 13.1. The highest BCUT2D eigenvalue weighted by Crippen LogP contribution is 2.44. The number of hydrogen-bond donors (Lipinski definition) is 2. The van der Waals surface area contributed by atoms with E-state index in [-0.39, 0.29) is 30.8 Å². The van der Waals surface area contributed by atoms with Crippen molar-refractivity contribution in [3.8, 4) is 11.1 Å². The average Bonchev–Trinajstić information content (AvgIpc) is 3.31. The first kappa shape index (κ1) is 24.8. The zero-order valence-corrected chi connectivity index (χ0v) is 20.8. The second-order valence-corrected chi connectivity index (χ2v) is 10.6. The van der Waals surface area contributed by atoms with Crippen LogP contribution in [-0.4, -0.2) is 53.2 Å². The third-order valence-electron chi connectivity index (χ3n) is 7.45. The van der Waals surface area contributed by atoms with Crippen LogP contribution in [0.3, 0.4) is 0 Å². The molecule has 1 heterocycles. The van der Waals surface area contributed by atoms with Crippen molar-refractivity contribution in [3.63, 3.8) is 0 Å². The lowest BCUT2D eigenvalue weighted by atomic mass is 9.84. The molecule has 1 fully saturated rings. The summed E-state index contributed by atoms with van der Waals surface area (Å²) in [5.74, 6) is -1.33. The van der Waals surface area contributed by atoms with E-state index in [0.29, 0.717) is 13.0 Å². The number of nitrogens with one attached hydrogen (secondary N) is 1. The van der Waals surface area contributed by atoms with Gasteiger partial charge in [-0.15, -0.1) is 0 Å². The van der Waals surface area contributed by atoms with Crippen LogP contribution in [0.4, 0.5) is 4.79 Å². The molecule has 2 aromatic rings. The van der Waals surface area contributed by atoms with Gasteiger partial charge in [0, 0.05) is 24.9 Å². The number of amides is 2. The molecule has 2 amide bonds. The molecule has 7 heteroatoms. The number of nitrogens with zero attached hydrogens (tertiary/aromatic N) is 1. The van der Waals surface area contributed by atoms with Crippen LogP contribution in [0.2, 0.25) is 0 Å². The molecule has 186 valence electrons. The summed E-state index contributed by atoms with van der Waals surface area (Å²) in [6.45, 7) is 8.18. The van der Waals surface area contributed by atoms with Crippen LogP contribution in [0.5, 0.6) is 0 Å². The van der Waals surface area contributed by atoms with E-state index in [0.717, 1.165) is 22.3 Å². The normalized spacial score (nSPS) is 19.2. The Hall–Kier alpha value is -3.35. The zero-order chi connectivity index (χ0) is 25.3. The molecule has 0 radical (unpaired) electrons. The number of carboxylic acids is 1. The lowest BCUT2D eigenvalue weighted by molar-refractivity contribution is -0.151. The molecule has 1 aliphatic heterocycles. The Kier molecular flexibility index (Phi) is 6.88. The Morgan fingerprint density at radius 3 is 2.17 bits per heavy atom. The molecule has 0 bridgehead atoms. The van der Waals surface area contributed by atoms with Crippen molar-refractivity contribution in [2.75, 3.05) is 13.2 Å². The van der Waals surface area contributed by atoms with Crippen molar-refractivity contribution in [1.29, 1.82) is 0 Å². The number of likely N-dealkylation sites (tertiary alicyclic amines) is 1. The lowest BCUT2D eigenvalue weighted by Crippen LogP contribution is -2.49. The monoisotopic (exact) mass is 478 g/mol. The molecule has 7 nitrogen and oxygen atoms in total. The Bertz CT molecular complexity index is 1080. The van der Waals surface area contributed by atoms with Gasteiger partial charge >= 0.3 is 12.1 Å². The number of benzene rings is 2. The number of carboxylic acid groups (broad SMARTS) is 1. The number of alkyl carbamates (subject to hydrolysis) is 1. The van der Waals surface area contributed by atoms with Gasteiger partial charge in [-0.2, -0.15) is 0 Å². The molecule has 0 saturated carbocycles. The molecule has 35 heavy (non-hydrogen) atoms. The van der Waals surface area contributed by atoms with Crippen molar-refractivity contribution in [2.24, 2.45) is 11.3 Å². The summed E-state index contributed by atoms with van der Waals surface area (Å²) < 4.78 is 5.65. The number of carbonyl (C=O) groups excluding carboxylic acids is 2. The van der Waals surface area contributed by atoms with Gasteiger partial charge in [-0.1, -0.05) is 76.2 Å². The van der Waals surface area contributed by atoms with Crippen LogP contribution >= 0.6 is 0 Å². The molecule has 2 aliphatic rings. The van der Waals surface area contributed by atoms with Gasteiger partial charge in [-0.3, -0.25) is 4.79 Å². The van der Waals surface area contributed by atoms with Crippen LogP contribution in [0.25, 0.3) is 11.1 Å². The van der Waals surface area contributed by atoms with Gasteiger partial charge in [0.15, 0.2) is 0 Å². The smallest absolute Gasteiger partial charge is 0.407 e. The highest BCUT2D eigenvalue weighted by atomic mass is 16.5. The Morgan fingerprint density at radius 1 is 1.06 bits per heavy atom. The van der Waals surface area contributed by atoms with Crippen LogP contribution < -0.4 is 5.32 Å². The van der Waals surface area contributed by atoms with Crippen molar-refractivity contribution in [2.45, 2.75) is 58.5 Å². The predicted molar refractivity (Wildman–Crippen MR) is 133 cm³/mol. The molecule has 0 spiro atoms. The molecule has 1 aliphatic carbocycles. The molecule has 1 saturated heterocycles. The summed E-state index contributed by atoms with van der Waals surface area (Å²) in [5, 5.41) is 12.5. The summed E-state index contributed by atoms with van der Waals surface area (Å²) in [6.07, 6.45) is 0.0822. The second-order valence-electron chi connectivity index (χ2n) is 10.6. The quantitative estimate of drug-likeness (QED) is 0.604. The summed E-state index contributed by atoms with van der Waals surface area (Å²) in [4.78, 5) is 39.1. The van der Waals surface area contributed by atoms with Crippen molar-refractivity contribution in [3.05, 3.63) is 59.7 Å². The minimum atomic E-state index is -0.994. The molecular formula is C28H34N2O5. The van der Waals surface area contributed by atoms with Gasteiger partial charge in [0.25, 0.3) is 0 Å². The van der Waals surface area contributed by atoms with Crippen molar-refractivity contribution < 1.29 is 24.2 Å². The number of fused-ring (bicyclic) bond motifs is 3. The first-order valence-electron chi connectivity index (χ1n) is 12.2. The van der Waals surface area contributed by atoms with Gasteiger partial charge < -0.3 is 20.1 Å². The molecule has 2 aromatic carbocycles. The van der Waals surface area contributed by atoms with Crippen LogP contribution in [-0.2, 0) is 14.3 Å². The minimum Gasteiger partial charge on any atom is -0.480 e. The fourth-order valence-corrected chi connectivity index (χ4v) is 5.38. The Morgan fingerprint density at radius 2 is 1.63 bits per heavy atom. The van der Waals surface area contributed by atoms with E-state index in [1.165, 1.54) is 4.90 Å². The SMILES string of the molecule is CC(C)[C@@H](CC(=O)N1CCC(C)(C)C1C(=O)O)NC(=O)OCC1c2ccccc2-c2ccccc21. The Balaban J connectivity index is 1.40. The van der Waals surface area contributed by atoms with E-state index < -0.39 is 29.6 Å². The Labute approximate surface area is 206 Å². The molecule has 0 aromatic heterocycles. The first-order chi connectivity index (χ1) is 16.6. The van der Waals surface area contributed by atoms with Gasteiger partial charge in [-0.05, 0) is 40.0 Å². The summed E-state index contributed by atoms with van der Waals surface area (Å²) in [6, 6.07) is 15.0. The number of aliphatic carboxylic acids is 1. The minimum absolute atomic E-state index is 0.0293. The summed E-state index contributed by atoms with van der Waals surface area (Å²) >= 11 is 0. The van der Waals surface area contributed by atoms with Crippen LogP contribution in [0.15, 0.2) is 48.5 Å². The third-order valence-corrected chi connectivity index (χ3v) is 7.45. The highest BCUT2D eigenvalue weighted by molar-refractivity contribution is 5.86. The van der Waals surface area contributed by atoms with E-state index >= 15 is 0 Å². The number of hydrogen-bond acceptors (Lipinski definition) is 4. The van der Waals surface area contributed by atoms with Crippen molar-refractivity contribution >= 4 is 18.0 Å². The molecule has 2 atom stereocenters. The molecule has 2 N–H and O–H groups in total. The van der Waals surface area contributed by atoms with Gasteiger partial charge in [-0.25, -0.2) is 9.59 Å². The number of ether oxygens (including phenoxy) is 1. The van der Waals surface area contributed by atoms with E-state index in [9.17, 15) is 19.5 Å². The van der Waals surface area contributed by atoms with E-state index in [2.05, 4.69) is 29.6 Å². The predicted octanol–water partition coefficient (Wildman–Crippen LogP) is 4.65. The molecule has 1 unspecified atom stereocenters. The van der Waals surface area contributed by atoms with Gasteiger partial charge in [0.05, 0.1) is 0 Å². The van der Waals surface area contributed by atoms with E-state index in [1.807, 2.05) is 52.0 Å². The zero-order valence-electron chi connectivity index (χ0n) is 20.8. The topological polar surface area (TPSA) is 95.9 Å². The standard InChI is InChI=1S/C28H34N2O5/c1-17(2)23(15-24(31)30-14-13-28(3,4)25(30)26(32)33)29-27(34)35-16-22-20-11-7-5-9-18(20)19-10-6-8-12-21(19)22/h5-12,17,22-23,25H,13-16H2,1-4H3,(H,29,34)(H,32,33)/t23-,25?/m1/s1. The second kappa shape index (κ2) is 9.72. The number of rotatable bonds is 7. The van der Waals surface area contributed by atoms with Gasteiger partial charge in [0.1, 0.15) is 12.6 Å². The molecule has 4 rings (SSSR count). The first-order valence-corrected chi connectivity index (χ1v) is 12.2. The fraction of sp³-hybridized carbons (Fsp3) is 0.464. The maximum atomic E-state index is 13.1.